The second kappa shape index (κ2) is 11.4. The minimum absolute atomic E-state index is 0.0320. The third-order valence-electron chi connectivity index (χ3n) is 6.28. The maximum atomic E-state index is 12.8. The fourth-order valence-corrected chi connectivity index (χ4v) is 4.63. The minimum atomic E-state index is -0.337. The summed E-state index contributed by atoms with van der Waals surface area (Å²) in [6.45, 7) is 4.83. The number of ether oxygens (including phenoxy) is 2. The number of nitrogens with one attached hydrogen (secondary N) is 1. The average molecular weight is 418 g/mol. The van der Waals surface area contributed by atoms with Gasteiger partial charge < -0.3 is 14.8 Å². The zero-order valence-corrected chi connectivity index (χ0v) is 18.1. The molecule has 1 aromatic rings. The number of morpholine rings is 1. The molecule has 0 bridgehead atoms. The molecular weight excluding hydrogens is 382 g/mol. The summed E-state index contributed by atoms with van der Waals surface area (Å²) in [6.07, 6.45) is 5.90. The van der Waals surface area contributed by atoms with Crippen molar-refractivity contribution in [1.29, 1.82) is 0 Å². The van der Waals surface area contributed by atoms with Crippen LogP contribution in [-0.4, -0.2) is 80.3 Å². The van der Waals surface area contributed by atoms with E-state index in [9.17, 15) is 9.59 Å². The highest BCUT2D eigenvalue weighted by atomic mass is 16.5. The molecule has 2 aliphatic rings. The second-order valence-electron chi connectivity index (χ2n) is 8.37. The molecular formula is C23H35N3O4. The molecule has 7 nitrogen and oxygen atoms in total. The molecule has 166 valence electrons. The zero-order chi connectivity index (χ0) is 21.2. The molecule has 0 atom stereocenters. The van der Waals surface area contributed by atoms with Crippen LogP contribution in [0.2, 0.25) is 0 Å². The number of esters is 1. The number of rotatable bonds is 9. The summed E-state index contributed by atoms with van der Waals surface area (Å²) in [6, 6.07) is 9.87. The van der Waals surface area contributed by atoms with Gasteiger partial charge in [-0.15, -0.1) is 0 Å². The molecule has 1 N–H and O–H groups in total. The van der Waals surface area contributed by atoms with Crippen molar-refractivity contribution in [1.82, 2.24) is 15.1 Å². The second-order valence-corrected chi connectivity index (χ2v) is 8.37. The number of amides is 1. The van der Waals surface area contributed by atoms with Crippen LogP contribution in [0.1, 0.15) is 37.7 Å². The summed E-state index contributed by atoms with van der Waals surface area (Å²) in [4.78, 5) is 29.0. The number of hydrogen-bond acceptors (Lipinski definition) is 6. The van der Waals surface area contributed by atoms with Crippen LogP contribution >= 0.6 is 0 Å². The standard InChI is InChI=1S/C23H35N3O4/c1-29-22(28)18-25(16-20-8-4-2-5-9-20)17-21(27)24-19-23(10-6-3-7-11-23)26-12-14-30-15-13-26/h2,4-5,8-9H,3,6-7,10-19H2,1H3,(H,24,27). The Labute approximate surface area is 179 Å². The first kappa shape index (κ1) is 22.7. The van der Waals surface area contributed by atoms with E-state index in [1.54, 1.807) is 0 Å². The number of hydrogen-bond donors (Lipinski definition) is 1. The molecule has 7 heteroatoms. The Morgan fingerprint density at radius 1 is 1.10 bits per heavy atom. The van der Waals surface area contributed by atoms with Crippen molar-refractivity contribution in [3.05, 3.63) is 35.9 Å². The molecule has 2 fully saturated rings. The fourth-order valence-electron chi connectivity index (χ4n) is 4.63. The van der Waals surface area contributed by atoms with E-state index in [2.05, 4.69) is 10.2 Å². The van der Waals surface area contributed by atoms with Crippen LogP contribution in [0.5, 0.6) is 0 Å². The number of carbonyl (C=O) groups is 2. The molecule has 1 aromatic carbocycles. The predicted molar refractivity (Wildman–Crippen MR) is 115 cm³/mol. The molecule has 3 rings (SSSR count). The maximum Gasteiger partial charge on any atom is 0.319 e. The molecule has 1 aliphatic carbocycles. The normalized spacial score (nSPS) is 19.4. The highest BCUT2D eigenvalue weighted by molar-refractivity contribution is 5.79. The SMILES string of the molecule is COC(=O)CN(CC(=O)NCC1(N2CCOCC2)CCCCC1)Cc1ccccc1. The molecule has 1 saturated heterocycles. The van der Waals surface area contributed by atoms with Crippen LogP contribution in [0.15, 0.2) is 30.3 Å². The maximum absolute atomic E-state index is 12.8. The summed E-state index contributed by atoms with van der Waals surface area (Å²) < 4.78 is 10.4. The Kier molecular flexibility index (Phi) is 8.66. The zero-order valence-electron chi connectivity index (χ0n) is 18.1. The van der Waals surface area contributed by atoms with E-state index in [-0.39, 0.29) is 30.5 Å². The van der Waals surface area contributed by atoms with Gasteiger partial charge in [0, 0.05) is 31.7 Å². The molecule has 0 spiro atoms. The number of carbonyl (C=O) groups excluding carboxylic acids is 2. The van der Waals surface area contributed by atoms with Gasteiger partial charge in [0.25, 0.3) is 0 Å². The van der Waals surface area contributed by atoms with Crippen LogP contribution < -0.4 is 5.32 Å². The van der Waals surface area contributed by atoms with E-state index >= 15 is 0 Å². The molecule has 1 saturated carbocycles. The lowest BCUT2D eigenvalue weighted by Gasteiger charge is -2.48. The molecule has 0 radical (unpaired) electrons. The summed E-state index contributed by atoms with van der Waals surface area (Å²) in [5.41, 5.74) is 1.09. The molecule has 1 heterocycles. The largest absolute Gasteiger partial charge is 0.468 e. The predicted octanol–water partition coefficient (Wildman–Crippen LogP) is 1.81. The van der Waals surface area contributed by atoms with Crippen molar-refractivity contribution in [3.63, 3.8) is 0 Å². The van der Waals surface area contributed by atoms with Gasteiger partial charge in [-0.1, -0.05) is 49.6 Å². The smallest absolute Gasteiger partial charge is 0.319 e. The van der Waals surface area contributed by atoms with E-state index in [1.165, 1.54) is 26.4 Å². The van der Waals surface area contributed by atoms with Crippen molar-refractivity contribution in [3.8, 4) is 0 Å². The van der Waals surface area contributed by atoms with Gasteiger partial charge in [0.1, 0.15) is 0 Å². The van der Waals surface area contributed by atoms with Crippen molar-refractivity contribution >= 4 is 11.9 Å². The van der Waals surface area contributed by atoms with Gasteiger partial charge in [0.05, 0.1) is 33.4 Å². The Morgan fingerprint density at radius 3 is 2.47 bits per heavy atom. The van der Waals surface area contributed by atoms with Gasteiger partial charge in [-0.05, 0) is 18.4 Å². The number of methoxy groups -OCH3 is 1. The van der Waals surface area contributed by atoms with Gasteiger partial charge in [0.2, 0.25) is 5.91 Å². The highest BCUT2D eigenvalue weighted by Crippen LogP contribution is 2.33. The van der Waals surface area contributed by atoms with E-state index in [1.807, 2.05) is 35.2 Å². The summed E-state index contributed by atoms with van der Waals surface area (Å²) in [5.74, 6) is -0.385. The topological polar surface area (TPSA) is 71.1 Å². The van der Waals surface area contributed by atoms with Gasteiger partial charge in [-0.25, -0.2) is 0 Å². The lowest BCUT2D eigenvalue weighted by atomic mass is 9.79. The Hall–Kier alpha value is -1.96. The third kappa shape index (κ3) is 6.52. The molecule has 0 aromatic heterocycles. The third-order valence-corrected chi connectivity index (χ3v) is 6.28. The van der Waals surface area contributed by atoms with E-state index in [4.69, 9.17) is 9.47 Å². The Bertz CT molecular complexity index is 670. The first-order valence-electron chi connectivity index (χ1n) is 11.0. The van der Waals surface area contributed by atoms with Gasteiger partial charge in [-0.3, -0.25) is 19.4 Å². The number of benzene rings is 1. The van der Waals surface area contributed by atoms with Crippen molar-refractivity contribution in [2.24, 2.45) is 0 Å². The summed E-state index contributed by atoms with van der Waals surface area (Å²) in [7, 11) is 1.37. The van der Waals surface area contributed by atoms with Crippen LogP contribution in [0.3, 0.4) is 0 Å². The van der Waals surface area contributed by atoms with Crippen LogP contribution in [0.4, 0.5) is 0 Å². The lowest BCUT2D eigenvalue weighted by Crippen LogP contribution is -2.60. The Balaban J connectivity index is 1.59. The van der Waals surface area contributed by atoms with Crippen LogP contribution in [-0.2, 0) is 25.6 Å². The first-order chi connectivity index (χ1) is 14.6. The summed E-state index contributed by atoms with van der Waals surface area (Å²) in [5, 5.41) is 3.18. The van der Waals surface area contributed by atoms with E-state index in [0.717, 1.165) is 44.7 Å². The van der Waals surface area contributed by atoms with E-state index in [0.29, 0.717) is 13.1 Å². The van der Waals surface area contributed by atoms with Crippen LogP contribution in [0, 0.1) is 0 Å². The van der Waals surface area contributed by atoms with Crippen molar-refractivity contribution in [2.45, 2.75) is 44.2 Å². The van der Waals surface area contributed by atoms with Crippen molar-refractivity contribution in [2.75, 3.05) is 53.0 Å². The number of nitrogens with zero attached hydrogens (tertiary/aromatic N) is 2. The van der Waals surface area contributed by atoms with E-state index < -0.39 is 0 Å². The van der Waals surface area contributed by atoms with Crippen LogP contribution in [0.25, 0.3) is 0 Å². The summed E-state index contributed by atoms with van der Waals surface area (Å²) >= 11 is 0. The minimum Gasteiger partial charge on any atom is -0.468 e. The molecule has 1 amide bonds. The molecule has 30 heavy (non-hydrogen) atoms. The van der Waals surface area contributed by atoms with Gasteiger partial charge in [-0.2, -0.15) is 0 Å². The fraction of sp³-hybridized carbons (Fsp3) is 0.652. The first-order valence-corrected chi connectivity index (χ1v) is 11.0. The Morgan fingerprint density at radius 2 is 1.80 bits per heavy atom. The molecule has 1 aliphatic heterocycles. The lowest BCUT2D eigenvalue weighted by molar-refractivity contribution is -0.142. The highest BCUT2D eigenvalue weighted by Gasteiger charge is 2.38. The average Bonchev–Trinajstić information content (AvgIpc) is 2.79. The van der Waals surface area contributed by atoms with Gasteiger partial charge >= 0.3 is 5.97 Å². The molecule has 0 unspecified atom stereocenters. The monoisotopic (exact) mass is 417 g/mol. The van der Waals surface area contributed by atoms with Crippen molar-refractivity contribution < 1.29 is 19.1 Å². The van der Waals surface area contributed by atoms with Gasteiger partial charge in [0.15, 0.2) is 0 Å². The quantitative estimate of drug-likeness (QED) is 0.618.